The highest BCUT2D eigenvalue weighted by molar-refractivity contribution is 9.10. The second kappa shape index (κ2) is 46.9. The Balaban J connectivity index is 0.000000159. The van der Waals surface area contributed by atoms with Crippen LogP contribution >= 0.6 is 27.5 Å². The number of hydrogen-bond acceptors (Lipinski definition) is 25. The molecule has 12 aromatic carbocycles. The Labute approximate surface area is 832 Å². The first kappa shape index (κ1) is 104. The zero-order valence-electron chi connectivity index (χ0n) is 77.0. The van der Waals surface area contributed by atoms with Crippen molar-refractivity contribution >= 4 is 138 Å². The molecule has 0 aliphatic carbocycles. The van der Waals surface area contributed by atoms with Crippen LogP contribution in [-0.2, 0) is 85.0 Å². The third-order valence-corrected chi connectivity index (χ3v) is 29.2. The van der Waals surface area contributed by atoms with Crippen LogP contribution in [0, 0.1) is 13.8 Å². The fourth-order valence-electron chi connectivity index (χ4n) is 14.6. The summed E-state index contributed by atoms with van der Waals surface area (Å²) in [6.45, 7) is 3.56. The lowest BCUT2D eigenvalue weighted by Crippen LogP contribution is -2.52. The van der Waals surface area contributed by atoms with Gasteiger partial charge in [-0.15, -0.1) is 0 Å². The molecule has 0 unspecified atom stereocenters. The van der Waals surface area contributed by atoms with E-state index in [1.165, 1.54) is 76.1 Å². The average molecular weight is 2100 g/mol. The summed E-state index contributed by atoms with van der Waals surface area (Å²) in [7, 11) is -9.10. The highest BCUT2D eigenvalue weighted by Crippen LogP contribution is 2.40. The maximum atomic E-state index is 13.5. The molecule has 12 aromatic rings. The van der Waals surface area contributed by atoms with Gasteiger partial charge in [0, 0.05) is 116 Å². The molecule has 0 saturated carbocycles. The van der Waals surface area contributed by atoms with Gasteiger partial charge in [0.05, 0.1) is 21.8 Å². The van der Waals surface area contributed by atoms with Crippen molar-refractivity contribution in [3.05, 3.63) is 328 Å². The molecule has 8 N–H and O–H groups in total. The normalized spacial score (nSPS) is 13.0. The number of likely N-dealkylation sites (N-methyl/N-ethyl adjacent to an activating group) is 4. The molecule has 740 valence electrons. The van der Waals surface area contributed by atoms with Gasteiger partial charge in [-0.25, -0.2) is 71.7 Å². The molecule has 0 spiro atoms. The smallest absolute Gasteiger partial charge is 0.329 e. The van der Waals surface area contributed by atoms with Crippen LogP contribution in [-0.4, -0.2) is 168 Å². The van der Waals surface area contributed by atoms with Crippen molar-refractivity contribution in [3.63, 3.8) is 0 Å². The second-order valence-electron chi connectivity index (χ2n) is 31.8. The molecule has 0 aromatic heterocycles. The molecule has 4 atom stereocenters. The number of carbonyl (C=O) groups excluding carboxylic acids is 8. The number of aryl methyl sites for hydroxylation is 1. The molecule has 16 rings (SSSR count). The predicted octanol–water partition coefficient (Wildman–Crippen LogP) is 12.8. The standard InChI is InChI=1S/C25H24ClN3O6S.C25H25N3O7S.C25H25N3O6S.C24H22BrN3O6S/c1-16-19(26)9-6-10-23(16)36(32,33)28-25(31)27-20(13-17-7-4-3-5-8-17)24(30)29(2)18-11-12-21-22(14-18)35-15-34-21;1-28(18-11-12-22-23(14-18)35-16-34-22)24(29)21(13-17-7-4-3-5-8-17)26-25(30)27-36(31,32)20-10-6-9-19(15-20)33-2;1-17-8-6-7-11-23(17)35(31,32)27-25(30)26-20(14-18-9-4-3-5-10-18)24(29)28(2)19-12-13-21-22(15-19)34-16-33-21;1-28(17-11-12-20-21(14-17)34-15-33-20)23(29)19(13-16-7-3-2-4-8-16)26-24(30)27-35(31,32)22-10-6-5-9-18(22)25/h3-12,14,20H,13,15H2,1-2H3,(H2,27,28,31);3-12,14-15,21H,13,16H2,1-2H3,(H2,26,27,30);3-13,15,20H,14,16H2,1-2H3,(H2,26,27,30);2-12,14,19H,13,15H2,1H3,(H2,26,27,30)/t20-;21-;20-;19-/m0000/s1. The lowest BCUT2D eigenvalue weighted by molar-refractivity contribution is -0.120. The maximum Gasteiger partial charge on any atom is 0.329 e. The molecule has 4 aliphatic rings. The van der Waals surface area contributed by atoms with Crippen molar-refractivity contribution in [1.82, 2.24) is 40.2 Å². The van der Waals surface area contributed by atoms with E-state index in [4.69, 9.17) is 54.2 Å². The van der Waals surface area contributed by atoms with E-state index in [0.29, 0.717) is 90.1 Å². The summed E-state index contributed by atoms with van der Waals surface area (Å²) < 4.78 is 158. The number of sulfonamides is 4. The molecule has 0 saturated heterocycles. The van der Waals surface area contributed by atoms with Gasteiger partial charge in [-0.3, -0.25) is 19.2 Å². The van der Waals surface area contributed by atoms with Crippen molar-refractivity contribution in [2.75, 3.05) is 82.1 Å². The van der Waals surface area contributed by atoms with E-state index in [-0.39, 0.29) is 77.5 Å². The Morgan fingerprint density at radius 1 is 0.324 bits per heavy atom. The molecule has 0 radical (unpaired) electrons. The maximum absolute atomic E-state index is 13.5. The van der Waals surface area contributed by atoms with Crippen molar-refractivity contribution in [3.8, 4) is 51.7 Å². The molecule has 4 heterocycles. The number of anilines is 4. The molecule has 43 heteroatoms. The largest absolute Gasteiger partial charge is 0.497 e. The first-order valence-electron chi connectivity index (χ1n) is 43.3. The number of fused-ring (bicyclic) bond motifs is 4. The van der Waals surface area contributed by atoms with Crippen molar-refractivity contribution < 1.29 is 115 Å². The molecular weight excluding hydrogens is 2000 g/mol. The van der Waals surface area contributed by atoms with E-state index in [0.717, 1.165) is 22.3 Å². The van der Waals surface area contributed by atoms with Crippen LogP contribution in [0.25, 0.3) is 0 Å². The summed E-state index contributed by atoms with van der Waals surface area (Å²) in [4.78, 5) is 110. The van der Waals surface area contributed by atoms with Crippen LogP contribution in [0.3, 0.4) is 0 Å². The third kappa shape index (κ3) is 27.1. The van der Waals surface area contributed by atoms with Gasteiger partial charge in [-0.05, 0) is 154 Å². The number of halogens is 2. The zero-order valence-corrected chi connectivity index (χ0v) is 82.6. The number of methoxy groups -OCH3 is 1. The number of nitrogens with one attached hydrogen (secondary N) is 8. The summed E-state index contributed by atoms with van der Waals surface area (Å²) in [6, 6.07) is 70.8. The van der Waals surface area contributed by atoms with Crippen LogP contribution in [0.1, 0.15) is 33.4 Å². The van der Waals surface area contributed by atoms with E-state index >= 15 is 0 Å². The van der Waals surface area contributed by atoms with Gasteiger partial charge in [0.1, 0.15) is 34.8 Å². The van der Waals surface area contributed by atoms with Gasteiger partial charge in [-0.1, -0.05) is 175 Å². The van der Waals surface area contributed by atoms with Crippen molar-refractivity contribution in [2.24, 2.45) is 0 Å². The number of urea groups is 4. The van der Waals surface area contributed by atoms with Crippen LogP contribution in [0.2, 0.25) is 5.02 Å². The lowest BCUT2D eigenvalue weighted by atomic mass is 10.0. The molecular formula is C99H96BrClN12O25S4. The van der Waals surface area contributed by atoms with Gasteiger partial charge < -0.3 is 83.5 Å². The van der Waals surface area contributed by atoms with Crippen LogP contribution < -0.4 is 102 Å². The number of ether oxygens (including phenoxy) is 9. The highest BCUT2D eigenvalue weighted by atomic mass is 79.9. The van der Waals surface area contributed by atoms with Gasteiger partial charge in [0.15, 0.2) is 46.0 Å². The monoisotopic (exact) mass is 2090 g/mol. The topological polar surface area (TPSA) is 465 Å². The van der Waals surface area contributed by atoms with E-state index < -0.39 is 112 Å². The molecule has 0 bridgehead atoms. The van der Waals surface area contributed by atoms with E-state index in [9.17, 15) is 72.0 Å². The van der Waals surface area contributed by atoms with Gasteiger partial charge in [0.2, 0.25) is 50.8 Å². The molecule has 142 heavy (non-hydrogen) atoms. The first-order chi connectivity index (χ1) is 67.9. The quantitative estimate of drug-likeness (QED) is 0.0216. The van der Waals surface area contributed by atoms with E-state index in [1.807, 2.05) is 140 Å². The summed E-state index contributed by atoms with van der Waals surface area (Å²) in [5, 5.41) is 10.3. The Morgan fingerprint density at radius 2 is 0.599 bits per heavy atom. The molecule has 37 nitrogen and oxygen atoms in total. The SMILES string of the molecule is CN(C(=O)[C@H](Cc1ccccc1)NC(=O)NS(=O)(=O)c1ccccc1Br)c1ccc2c(c1)OCO2.COc1cccc(S(=O)(=O)NC(=O)N[C@@H](Cc2ccccc2)C(=O)N(C)c2ccc3c(c2)OCO3)c1.Cc1c(Cl)cccc1S(=O)(=O)NC(=O)N[C@@H](Cc1ccccc1)C(=O)N(C)c1ccc2c(c1)OCO2.Cc1ccccc1S(=O)(=O)NC(=O)N[C@@H](Cc1ccccc1)C(=O)N(C)c1ccc2c(c1)OCO2. The third-order valence-electron chi connectivity index (χ3n) is 22.1. The minimum absolute atomic E-state index is 0.0152. The van der Waals surface area contributed by atoms with Crippen LogP contribution in [0.5, 0.6) is 51.7 Å². The number of rotatable bonds is 29. The summed E-state index contributed by atoms with van der Waals surface area (Å²) in [5.74, 6) is 2.85. The second-order valence-corrected chi connectivity index (χ2v) is 39.7. The summed E-state index contributed by atoms with van der Waals surface area (Å²) in [5.41, 5.74) is 6.05. The number of carbonyl (C=O) groups is 8. The van der Waals surface area contributed by atoms with Gasteiger partial charge in [0.25, 0.3) is 40.1 Å². The Morgan fingerprint density at radius 3 is 0.923 bits per heavy atom. The number of hydrogen-bond donors (Lipinski definition) is 8. The Hall–Kier alpha value is -15.6. The van der Waals surface area contributed by atoms with Crippen LogP contribution in [0.15, 0.2) is 309 Å². The number of nitrogens with zero attached hydrogens (tertiary/aromatic N) is 4. The fraction of sp³-hybridized carbons (Fsp3) is 0.192. The minimum atomic E-state index is -4.24. The van der Waals surface area contributed by atoms with E-state index in [2.05, 4.69) is 37.2 Å². The molecule has 4 aliphatic heterocycles. The Bertz CT molecular complexity index is 6940. The van der Waals surface area contributed by atoms with Crippen LogP contribution in [0.4, 0.5) is 41.9 Å². The number of amides is 12. The predicted molar refractivity (Wildman–Crippen MR) is 530 cm³/mol. The summed E-state index contributed by atoms with van der Waals surface area (Å²) in [6.07, 6.45) is 0.586. The van der Waals surface area contributed by atoms with Crippen molar-refractivity contribution in [1.29, 1.82) is 0 Å². The zero-order chi connectivity index (χ0) is 102. The van der Waals surface area contributed by atoms with Gasteiger partial charge >= 0.3 is 24.1 Å². The van der Waals surface area contributed by atoms with Crippen molar-refractivity contribution in [2.45, 2.75) is 83.3 Å². The summed E-state index contributed by atoms with van der Waals surface area (Å²) >= 11 is 9.22. The highest BCUT2D eigenvalue weighted by Gasteiger charge is 2.36. The molecule has 0 fully saturated rings. The van der Waals surface area contributed by atoms with E-state index in [1.54, 1.807) is 156 Å². The fourth-order valence-corrected chi connectivity index (χ4v) is 20.1. The lowest BCUT2D eigenvalue weighted by Gasteiger charge is -2.25. The minimum Gasteiger partial charge on any atom is -0.497 e. The molecule has 12 amide bonds. The average Bonchev–Trinajstić information content (AvgIpc) is 1.78. The number of benzene rings is 12. The Kier molecular flexibility index (Phi) is 34.3. The first-order valence-corrected chi connectivity index (χ1v) is 50.4. The van der Waals surface area contributed by atoms with Gasteiger partial charge in [-0.2, -0.15) is 0 Å².